The second kappa shape index (κ2) is 6.05. The molecule has 0 aliphatic heterocycles. The molecule has 16 heavy (non-hydrogen) atoms. The lowest BCUT2D eigenvalue weighted by Crippen LogP contribution is -2.14. The molecule has 0 heterocycles. The maximum absolute atomic E-state index is 9.42. The molecule has 1 atom stereocenters. The highest BCUT2D eigenvalue weighted by atomic mass is 16.3. The van der Waals surface area contributed by atoms with E-state index in [0.29, 0.717) is 18.4 Å². The first kappa shape index (κ1) is 13.2. The molecule has 1 aromatic rings. The fraction of sp³-hybridized carbons (Fsp3) is 0.600. The van der Waals surface area contributed by atoms with Gasteiger partial charge in [-0.3, -0.25) is 0 Å². The number of hydrogen-bond donors (Lipinski definition) is 1. The van der Waals surface area contributed by atoms with E-state index in [4.69, 9.17) is 0 Å². The van der Waals surface area contributed by atoms with E-state index in [1.54, 1.807) is 0 Å². The van der Waals surface area contributed by atoms with Gasteiger partial charge in [0.2, 0.25) is 0 Å². The van der Waals surface area contributed by atoms with E-state index in [9.17, 15) is 5.11 Å². The fourth-order valence-corrected chi connectivity index (χ4v) is 2.35. The summed E-state index contributed by atoms with van der Waals surface area (Å²) in [5.74, 6) is 1.06. The van der Waals surface area contributed by atoms with Crippen molar-refractivity contribution in [1.29, 1.82) is 0 Å². The Hall–Kier alpha value is -0.820. The maximum Gasteiger partial charge on any atom is 0.0462 e. The third-order valence-corrected chi connectivity index (χ3v) is 3.20. The standard InChI is InChI=1S/C15H24O/c1-11(2)8-14(10-16)9-15-12(3)6-5-7-13(15)4/h5-7,11,14,16H,8-10H2,1-4H3. The van der Waals surface area contributed by atoms with Crippen molar-refractivity contribution >= 4 is 0 Å². The van der Waals surface area contributed by atoms with Crippen LogP contribution in [0.1, 0.15) is 37.0 Å². The molecule has 0 aliphatic rings. The predicted octanol–water partition coefficient (Wildman–Crippen LogP) is 3.50. The SMILES string of the molecule is Cc1cccc(C)c1CC(CO)CC(C)C. The Kier molecular flexibility index (Phi) is 5.01. The second-order valence-corrected chi connectivity index (χ2v) is 5.25. The molecule has 0 saturated heterocycles. The molecule has 0 saturated carbocycles. The van der Waals surface area contributed by atoms with Crippen molar-refractivity contribution in [2.24, 2.45) is 11.8 Å². The molecule has 0 radical (unpaired) electrons. The third-order valence-electron chi connectivity index (χ3n) is 3.20. The van der Waals surface area contributed by atoms with Crippen molar-refractivity contribution in [3.05, 3.63) is 34.9 Å². The average Bonchev–Trinajstić information content (AvgIpc) is 2.21. The summed E-state index contributed by atoms with van der Waals surface area (Å²) in [5, 5.41) is 9.42. The summed E-state index contributed by atoms with van der Waals surface area (Å²) in [6.45, 7) is 9.05. The van der Waals surface area contributed by atoms with Gasteiger partial charge in [-0.1, -0.05) is 32.0 Å². The van der Waals surface area contributed by atoms with Crippen molar-refractivity contribution < 1.29 is 5.11 Å². The van der Waals surface area contributed by atoms with Crippen LogP contribution in [0.2, 0.25) is 0 Å². The van der Waals surface area contributed by atoms with Crippen LogP contribution in [0.5, 0.6) is 0 Å². The highest BCUT2D eigenvalue weighted by molar-refractivity contribution is 5.33. The number of aryl methyl sites for hydroxylation is 2. The molecule has 0 aromatic heterocycles. The highest BCUT2D eigenvalue weighted by Crippen LogP contribution is 2.21. The van der Waals surface area contributed by atoms with Gasteiger partial charge in [0.05, 0.1) is 0 Å². The lowest BCUT2D eigenvalue weighted by molar-refractivity contribution is 0.205. The summed E-state index contributed by atoms with van der Waals surface area (Å²) in [6, 6.07) is 6.42. The zero-order valence-electron chi connectivity index (χ0n) is 11.0. The summed E-state index contributed by atoms with van der Waals surface area (Å²) in [5.41, 5.74) is 4.12. The smallest absolute Gasteiger partial charge is 0.0462 e. The van der Waals surface area contributed by atoms with Gasteiger partial charge in [0.25, 0.3) is 0 Å². The molecule has 0 spiro atoms. The molecule has 0 fully saturated rings. The van der Waals surface area contributed by atoms with Gasteiger partial charge in [-0.15, -0.1) is 0 Å². The van der Waals surface area contributed by atoms with Crippen LogP contribution in [0.15, 0.2) is 18.2 Å². The van der Waals surface area contributed by atoms with Gasteiger partial charge < -0.3 is 5.11 Å². The van der Waals surface area contributed by atoms with Crippen molar-refractivity contribution in [3.63, 3.8) is 0 Å². The Bertz CT molecular complexity index is 308. The number of hydrogen-bond acceptors (Lipinski definition) is 1. The number of rotatable bonds is 5. The molecule has 1 unspecified atom stereocenters. The highest BCUT2D eigenvalue weighted by Gasteiger charge is 2.13. The van der Waals surface area contributed by atoms with E-state index in [2.05, 4.69) is 45.9 Å². The Morgan fingerprint density at radius 3 is 2.12 bits per heavy atom. The molecule has 0 amide bonds. The molecule has 1 N–H and O–H groups in total. The third kappa shape index (κ3) is 3.64. The quantitative estimate of drug-likeness (QED) is 0.805. The van der Waals surface area contributed by atoms with Gasteiger partial charge in [-0.25, -0.2) is 0 Å². The number of benzene rings is 1. The average molecular weight is 220 g/mol. The van der Waals surface area contributed by atoms with Crippen LogP contribution in [0.25, 0.3) is 0 Å². The van der Waals surface area contributed by atoms with Gasteiger partial charge in [0, 0.05) is 6.61 Å². The van der Waals surface area contributed by atoms with E-state index < -0.39 is 0 Å². The Labute approximate surface area is 99.5 Å². The first-order valence-corrected chi connectivity index (χ1v) is 6.20. The van der Waals surface area contributed by atoms with Crippen molar-refractivity contribution in [2.75, 3.05) is 6.61 Å². The van der Waals surface area contributed by atoms with Crippen LogP contribution in [0.4, 0.5) is 0 Å². The second-order valence-electron chi connectivity index (χ2n) is 5.25. The van der Waals surface area contributed by atoms with E-state index in [1.807, 2.05) is 0 Å². The van der Waals surface area contributed by atoms with E-state index in [-0.39, 0.29) is 0 Å². The number of aliphatic hydroxyl groups excluding tert-OH is 1. The van der Waals surface area contributed by atoms with Gasteiger partial charge >= 0.3 is 0 Å². The first-order valence-electron chi connectivity index (χ1n) is 6.20. The van der Waals surface area contributed by atoms with Crippen molar-refractivity contribution in [2.45, 2.75) is 40.5 Å². The maximum atomic E-state index is 9.42. The van der Waals surface area contributed by atoms with E-state index >= 15 is 0 Å². The van der Waals surface area contributed by atoms with E-state index in [0.717, 1.165) is 12.8 Å². The van der Waals surface area contributed by atoms with Gasteiger partial charge in [-0.05, 0) is 55.2 Å². The van der Waals surface area contributed by atoms with Crippen LogP contribution in [0, 0.1) is 25.7 Å². The van der Waals surface area contributed by atoms with Crippen LogP contribution in [-0.4, -0.2) is 11.7 Å². The van der Waals surface area contributed by atoms with Crippen LogP contribution in [-0.2, 0) is 6.42 Å². The molecule has 1 heteroatoms. The monoisotopic (exact) mass is 220 g/mol. The largest absolute Gasteiger partial charge is 0.396 e. The van der Waals surface area contributed by atoms with Crippen LogP contribution in [0.3, 0.4) is 0 Å². The Morgan fingerprint density at radius 2 is 1.69 bits per heavy atom. The topological polar surface area (TPSA) is 20.2 Å². The van der Waals surface area contributed by atoms with Gasteiger partial charge in [-0.2, -0.15) is 0 Å². The van der Waals surface area contributed by atoms with Crippen LogP contribution >= 0.6 is 0 Å². The summed E-state index contributed by atoms with van der Waals surface area (Å²) in [7, 11) is 0. The van der Waals surface area contributed by atoms with Crippen molar-refractivity contribution in [1.82, 2.24) is 0 Å². The molecular weight excluding hydrogens is 196 g/mol. The van der Waals surface area contributed by atoms with Crippen molar-refractivity contribution in [3.8, 4) is 0 Å². The summed E-state index contributed by atoms with van der Waals surface area (Å²) >= 11 is 0. The fourth-order valence-electron chi connectivity index (χ4n) is 2.35. The molecular formula is C15H24O. The lowest BCUT2D eigenvalue weighted by Gasteiger charge is -2.19. The minimum absolute atomic E-state index is 0.298. The molecule has 90 valence electrons. The minimum atomic E-state index is 0.298. The van der Waals surface area contributed by atoms with E-state index in [1.165, 1.54) is 16.7 Å². The minimum Gasteiger partial charge on any atom is -0.396 e. The zero-order chi connectivity index (χ0) is 12.1. The molecule has 1 rings (SSSR count). The van der Waals surface area contributed by atoms with Gasteiger partial charge in [0.15, 0.2) is 0 Å². The lowest BCUT2D eigenvalue weighted by atomic mass is 9.88. The first-order chi connectivity index (χ1) is 7.54. The Balaban J connectivity index is 2.77. The van der Waals surface area contributed by atoms with Crippen LogP contribution < -0.4 is 0 Å². The molecule has 0 aliphatic carbocycles. The summed E-state index contributed by atoms with van der Waals surface area (Å²) in [6.07, 6.45) is 2.11. The van der Waals surface area contributed by atoms with Gasteiger partial charge in [0.1, 0.15) is 0 Å². The summed E-state index contributed by atoms with van der Waals surface area (Å²) in [4.78, 5) is 0. The molecule has 0 bridgehead atoms. The summed E-state index contributed by atoms with van der Waals surface area (Å²) < 4.78 is 0. The Morgan fingerprint density at radius 1 is 1.12 bits per heavy atom. The predicted molar refractivity (Wildman–Crippen MR) is 69.7 cm³/mol. The molecule has 1 aromatic carbocycles. The zero-order valence-corrected chi connectivity index (χ0v) is 11.0. The normalized spacial score (nSPS) is 13.1. The number of aliphatic hydroxyl groups is 1. The molecule has 1 nitrogen and oxygen atoms in total.